The fourth-order valence-electron chi connectivity index (χ4n) is 0.167. The lowest BCUT2D eigenvalue weighted by molar-refractivity contribution is 1.09. The Morgan fingerprint density at radius 2 is 2.14 bits per heavy atom. The molecule has 4 N–H and O–H groups in total. The molecule has 0 fully saturated rings. The van der Waals surface area contributed by atoms with Gasteiger partial charge in [0.15, 0.2) is 0 Å². The first kappa shape index (κ1) is 9.77. The molecule has 0 bridgehead atoms. The number of H-pyrrole nitrogens is 1. The molecule has 0 saturated heterocycles. The maximum Gasteiger partial charge on any atom is 0.137 e. The van der Waals surface area contributed by atoms with E-state index < -0.39 is 0 Å². The van der Waals surface area contributed by atoms with Crippen molar-refractivity contribution in [2.24, 2.45) is 0 Å². The summed E-state index contributed by atoms with van der Waals surface area (Å²) in [6.07, 6.45) is 2.96. The van der Waals surface area contributed by atoms with Gasteiger partial charge in [-0.25, -0.2) is 4.98 Å². The number of rotatable bonds is 0. The monoisotopic (exact) mass is 166 g/mol. The summed E-state index contributed by atoms with van der Waals surface area (Å²) in [7, 11) is 0. The maximum absolute atomic E-state index is 3.56. The number of hydrogen-bond acceptors (Lipinski definition) is 3. The average molecular weight is 167 g/mol. The van der Waals surface area contributed by atoms with Gasteiger partial charge < -0.3 is 6.15 Å². The SMILES string of the molecule is Br.N.c1nc[nH]n1. The number of nitrogens with one attached hydrogen (secondary N) is 1. The van der Waals surface area contributed by atoms with Crippen LogP contribution in [-0.2, 0) is 0 Å². The maximum atomic E-state index is 3.56. The van der Waals surface area contributed by atoms with Crippen molar-refractivity contribution in [3.63, 3.8) is 0 Å². The third-order valence-electron chi connectivity index (χ3n) is 0.331. The van der Waals surface area contributed by atoms with Gasteiger partial charge in [0, 0.05) is 0 Å². The van der Waals surface area contributed by atoms with Crippen LogP contribution in [0.3, 0.4) is 0 Å². The summed E-state index contributed by atoms with van der Waals surface area (Å²) in [5, 5.41) is 5.99. The number of nitrogens with zero attached hydrogens (tertiary/aromatic N) is 2. The van der Waals surface area contributed by atoms with Crippen molar-refractivity contribution in [1.29, 1.82) is 0 Å². The van der Waals surface area contributed by atoms with Crippen molar-refractivity contribution >= 4 is 17.0 Å². The Balaban J connectivity index is 0. The summed E-state index contributed by atoms with van der Waals surface area (Å²) >= 11 is 0. The van der Waals surface area contributed by atoms with E-state index in [-0.39, 0.29) is 23.1 Å². The van der Waals surface area contributed by atoms with Gasteiger partial charge in [-0.1, -0.05) is 0 Å². The second-order valence-corrected chi connectivity index (χ2v) is 0.652. The van der Waals surface area contributed by atoms with E-state index in [1.54, 1.807) is 0 Å². The molecule has 5 heteroatoms. The number of aromatic nitrogens is 3. The van der Waals surface area contributed by atoms with Gasteiger partial charge in [-0.15, -0.1) is 17.0 Å². The Bertz CT molecular complexity index is 66.2. The summed E-state index contributed by atoms with van der Waals surface area (Å²) in [4.78, 5) is 3.56. The molecule has 0 aliphatic heterocycles. The Morgan fingerprint density at radius 1 is 1.43 bits per heavy atom. The molecule has 7 heavy (non-hydrogen) atoms. The molecule has 0 amide bonds. The van der Waals surface area contributed by atoms with Gasteiger partial charge in [-0.05, 0) is 0 Å². The molecular weight excluding hydrogens is 160 g/mol. The van der Waals surface area contributed by atoms with Gasteiger partial charge in [0.05, 0.1) is 0 Å². The van der Waals surface area contributed by atoms with Gasteiger partial charge in [-0.2, -0.15) is 5.10 Å². The molecule has 4 nitrogen and oxygen atoms in total. The highest BCUT2D eigenvalue weighted by Gasteiger charge is 1.57. The van der Waals surface area contributed by atoms with Gasteiger partial charge in [0.25, 0.3) is 0 Å². The Hall–Kier alpha value is -0.420. The molecule has 0 radical (unpaired) electrons. The van der Waals surface area contributed by atoms with Gasteiger partial charge in [-0.3, -0.25) is 5.10 Å². The second-order valence-electron chi connectivity index (χ2n) is 0.652. The lowest BCUT2D eigenvalue weighted by atomic mass is 11.3. The average Bonchev–Trinajstić information content (AvgIpc) is 1.76. The first-order valence-electron chi connectivity index (χ1n) is 1.29. The van der Waals surface area contributed by atoms with Crippen molar-refractivity contribution in [1.82, 2.24) is 21.3 Å². The Morgan fingerprint density at radius 3 is 2.29 bits per heavy atom. The molecule has 1 heterocycles. The van der Waals surface area contributed by atoms with Crippen LogP contribution in [0.5, 0.6) is 0 Å². The predicted molar refractivity (Wildman–Crippen MR) is 31.7 cm³/mol. The zero-order valence-electron chi connectivity index (χ0n) is 3.66. The molecule has 0 atom stereocenters. The van der Waals surface area contributed by atoms with Gasteiger partial charge in [0.1, 0.15) is 12.7 Å². The van der Waals surface area contributed by atoms with Crippen molar-refractivity contribution in [3.8, 4) is 0 Å². The quantitative estimate of drug-likeness (QED) is 0.592. The molecular formula is C2H7BrN4. The fraction of sp³-hybridized carbons (Fsp3) is 0. The summed E-state index contributed by atoms with van der Waals surface area (Å²) in [6, 6.07) is 0. The van der Waals surface area contributed by atoms with E-state index in [4.69, 9.17) is 0 Å². The van der Waals surface area contributed by atoms with Gasteiger partial charge in [0.2, 0.25) is 0 Å². The third-order valence-corrected chi connectivity index (χ3v) is 0.331. The van der Waals surface area contributed by atoms with Crippen LogP contribution in [0.15, 0.2) is 12.7 Å². The topological polar surface area (TPSA) is 76.6 Å². The van der Waals surface area contributed by atoms with E-state index in [9.17, 15) is 0 Å². The predicted octanol–water partition coefficient (Wildman–Crippen LogP) is 0.545. The minimum absolute atomic E-state index is 0. The molecule has 0 unspecified atom stereocenters. The van der Waals surface area contributed by atoms with Crippen LogP contribution in [0, 0.1) is 0 Å². The summed E-state index contributed by atoms with van der Waals surface area (Å²) < 4.78 is 0. The van der Waals surface area contributed by atoms with Crippen LogP contribution in [0.4, 0.5) is 0 Å². The van der Waals surface area contributed by atoms with Crippen molar-refractivity contribution in [3.05, 3.63) is 12.7 Å². The summed E-state index contributed by atoms with van der Waals surface area (Å²) in [5.74, 6) is 0. The second kappa shape index (κ2) is 5.58. The lowest BCUT2D eigenvalue weighted by Gasteiger charge is -1.46. The van der Waals surface area contributed by atoms with E-state index in [0.717, 1.165) is 0 Å². The highest BCUT2D eigenvalue weighted by molar-refractivity contribution is 8.93. The molecule has 1 rings (SSSR count). The van der Waals surface area contributed by atoms with Crippen LogP contribution in [0.1, 0.15) is 0 Å². The first-order valence-corrected chi connectivity index (χ1v) is 1.29. The van der Waals surface area contributed by atoms with Crippen LogP contribution in [0.2, 0.25) is 0 Å². The summed E-state index contributed by atoms with van der Waals surface area (Å²) in [5.41, 5.74) is 0. The molecule has 1 aromatic heterocycles. The van der Waals surface area contributed by atoms with Crippen LogP contribution in [-0.4, -0.2) is 15.2 Å². The minimum Gasteiger partial charge on any atom is -0.344 e. The number of aromatic amines is 1. The number of halogens is 1. The summed E-state index contributed by atoms with van der Waals surface area (Å²) in [6.45, 7) is 0. The Kier molecular flexibility index (Phi) is 7.79. The standard InChI is InChI=1S/C2H3N3.BrH.H3N/c1-3-2-5-4-1;;/h1-2H,(H,3,4,5);1H;1H3. The first-order chi connectivity index (χ1) is 2.50. The highest BCUT2D eigenvalue weighted by Crippen LogP contribution is 1.53. The zero-order chi connectivity index (χ0) is 3.54. The normalized spacial score (nSPS) is 5.71. The van der Waals surface area contributed by atoms with Crippen LogP contribution >= 0.6 is 17.0 Å². The molecule has 0 aliphatic rings. The molecule has 1 aromatic rings. The van der Waals surface area contributed by atoms with Crippen LogP contribution in [0.25, 0.3) is 0 Å². The molecule has 0 saturated carbocycles. The Labute approximate surface area is 51.7 Å². The van der Waals surface area contributed by atoms with E-state index in [0.29, 0.717) is 0 Å². The fourth-order valence-corrected chi connectivity index (χ4v) is 0.167. The van der Waals surface area contributed by atoms with Crippen molar-refractivity contribution in [2.45, 2.75) is 0 Å². The van der Waals surface area contributed by atoms with E-state index in [2.05, 4.69) is 15.2 Å². The lowest BCUT2D eigenvalue weighted by Crippen LogP contribution is -1.53. The van der Waals surface area contributed by atoms with Gasteiger partial charge >= 0.3 is 0 Å². The number of hydrogen-bond donors (Lipinski definition) is 2. The molecule has 42 valence electrons. The molecule has 0 spiro atoms. The molecule has 0 aliphatic carbocycles. The minimum atomic E-state index is 0. The van der Waals surface area contributed by atoms with E-state index in [1.807, 2.05) is 0 Å². The third kappa shape index (κ3) is 3.41. The van der Waals surface area contributed by atoms with E-state index in [1.165, 1.54) is 12.7 Å². The van der Waals surface area contributed by atoms with Crippen molar-refractivity contribution in [2.75, 3.05) is 0 Å². The zero-order valence-corrected chi connectivity index (χ0v) is 5.38. The largest absolute Gasteiger partial charge is 0.344 e. The van der Waals surface area contributed by atoms with Crippen molar-refractivity contribution < 1.29 is 0 Å². The van der Waals surface area contributed by atoms with Crippen LogP contribution < -0.4 is 6.15 Å². The highest BCUT2D eigenvalue weighted by atomic mass is 79.9. The molecule has 0 aromatic carbocycles. The van der Waals surface area contributed by atoms with E-state index >= 15 is 0 Å². The smallest absolute Gasteiger partial charge is 0.137 e.